The quantitative estimate of drug-likeness (QED) is 0.825. The fraction of sp³-hybridized carbons (Fsp3) is 0.143. The highest BCUT2D eigenvalue weighted by Crippen LogP contribution is 2.32. The molecule has 2 rings (SSSR count). The molecule has 0 amide bonds. The lowest BCUT2D eigenvalue weighted by Gasteiger charge is -2.22. The van der Waals surface area contributed by atoms with Crippen molar-refractivity contribution in [2.75, 3.05) is 11.9 Å². The number of hydrogen-bond donors (Lipinski definition) is 1. The average molecular weight is 213 g/mol. The molecular formula is C14H15NO. The summed E-state index contributed by atoms with van der Waals surface area (Å²) in [6.07, 6.45) is 0. The standard InChI is InChI=1S/C14H15NO/c1-11-7-3-4-8-12(11)15(2)13-9-5-6-10-14(13)16/h3-10,16H,1-2H3. The predicted molar refractivity (Wildman–Crippen MR) is 67.3 cm³/mol. The molecule has 2 nitrogen and oxygen atoms in total. The van der Waals surface area contributed by atoms with E-state index in [0.717, 1.165) is 11.4 Å². The number of phenols is 1. The van der Waals surface area contributed by atoms with Gasteiger partial charge >= 0.3 is 0 Å². The summed E-state index contributed by atoms with van der Waals surface area (Å²) in [7, 11) is 1.96. The van der Waals surface area contributed by atoms with Gasteiger partial charge in [-0.25, -0.2) is 0 Å². The van der Waals surface area contributed by atoms with Gasteiger partial charge in [0.25, 0.3) is 0 Å². The van der Waals surface area contributed by atoms with Crippen LogP contribution in [0.15, 0.2) is 48.5 Å². The number of hydrogen-bond acceptors (Lipinski definition) is 2. The van der Waals surface area contributed by atoms with Crippen molar-refractivity contribution in [1.29, 1.82) is 0 Å². The van der Waals surface area contributed by atoms with Crippen LogP contribution in [-0.4, -0.2) is 12.2 Å². The maximum absolute atomic E-state index is 9.79. The van der Waals surface area contributed by atoms with Crippen molar-refractivity contribution in [3.63, 3.8) is 0 Å². The van der Waals surface area contributed by atoms with Gasteiger partial charge in [-0.2, -0.15) is 0 Å². The molecule has 0 aliphatic rings. The van der Waals surface area contributed by atoms with E-state index in [1.165, 1.54) is 5.56 Å². The highest BCUT2D eigenvalue weighted by atomic mass is 16.3. The zero-order valence-electron chi connectivity index (χ0n) is 9.51. The summed E-state index contributed by atoms with van der Waals surface area (Å²) in [6.45, 7) is 2.06. The number of anilines is 2. The van der Waals surface area contributed by atoms with Gasteiger partial charge in [0, 0.05) is 12.7 Å². The van der Waals surface area contributed by atoms with E-state index in [2.05, 4.69) is 13.0 Å². The van der Waals surface area contributed by atoms with Crippen LogP contribution < -0.4 is 4.90 Å². The van der Waals surface area contributed by atoms with Crippen molar-refractivity contribution in [2.45, 2.75) is 6.92 Å². The summed E-state index contributed by atoms with van der Waals surface area (Å²) in [5.41, 5.74) is 3.11. The summed E-state index contributed by atoms with van der Waals surface area (Å²) in [5.74, 6) is 0.299. The Balaban J connectivity index is 2.44. The molecule has 0 unspecified atom stereocenters. The molecule has 0 saturated carbocycles. The molecule has 0 aliphatic heterocycles. The maximum atomic E-state index is 9.79. The average Bonchev–Trinajstić information content (AvgIpc) is 2.29. The van der Waals surface area contributed by atoms with Crippen LogP contribution in [0.25, 0.3) is 0 Å². The van der Waals surface area contributed by atoms with Crippen LogP contribution in [0.4, 0.5) is 11.4 Å². The maximum Gasteiger partial charge on any atom is 0.139 e. The fourth-order valence-corrected chi connectivity index (χ4v) is 1.82. The van der Waals surface area contributed by atoms with Crippen LogP contribution >= 0.6 is 0 Å². The molecule has 0 spiro atoms. The minimum Gasteiger partial charge on any atom is -0.506 e. The molecule has 0 radical (unpaired) electrons. The Hall–Kier alpha value is -1.96. The first-order valence-electron chi connectivity index (χ1n) is 5.27. The van der Waals surface area contributed by atoms with Crippen molar-refractivity contribution in [3.05, 3.63) is 54.1 Å². The van der Waals surface area contributed by atoms with Gasteiger partial charge in [-0.1, -0.05) is 30.3 Å². The molecule has 0 aromatic heterocycles. The minimum absolute atomic E-state index is 0.299. The first kappa shape index (κ1) is 10.6. The van der Waals surface area contributed by atoms with Crippen molar-refractivity contribution >= 4 is 11.4 Å². The number of aromatic hydroxyl groups is 1. The first-order chi connectivity index (χ1) is 7.70. The van der Waals surface area contributed by atoms with Gasteiger partial charge in [-0.15, -0.1) is 0 Å². The van der Waals surface area contributed by atoms with Crippen molar-refractivity contribution in [2.24, 2.45) is 0 Å². The van der Waals surface area contributed by atoms with E-state index in [4.69, 9.17) is 0 Å². The summed E-state index contributed by atoms with van der Waals surface area (Å²) >= 11 is 0. The van der Waals surface area contributed by atoms with E-state index >= 15 is 0 Å². The lowest BCUT2D eigenvalue weighted by Crippen LogP contribution is -2.10. The van der Waals surface area contributed by atoms with Crippen LogP contribution in [0.2, 0.25) is 0 Å². The zero-order chi connectivity index (χ0) is 11.5. The number of benzene rings is 2. The molecule has 82 valence electrons. The topological polar surface area (TPSA) is 23.5 Å². The second kappa shape index (κ2) is 4.27. The molecule has 2 aromatic rings. The Morgan fingerprint density at radius 1 is 0.875 bits per heavy atom. The van der Waals surface area contributed by atoms with Gasteiger partial charge in [0.05, 0.1) is 5.69 Å². The van der Waals surface area contributed by atoms with Crippen LogP contribution in [0.3, 0.4) is 0 Å². The number of phenolic OH excluding ortho intramolecular Hbond substituents is 1. The van der Waals surface area contributed by atoms with Crippen LogP contribution in [0.1, 0.15) is 5.56 Å². The van der Waals surface area contributed by atoms with Gasteiger partial charge in [0.15, 0.2) is 0 Å². The van der Waals surface area contributed by atoms with Gasteiger partial charge in [0.1, 0.15) is 5.75 Å². The van der Waals surface area contributed by atoms with Crippen molar-refractivity contribution < 1.29 is 5.11 Å². The lowest BCUT2D eigenvalue weighted by molar-refractivity contribution is 0.476. The summed E-state index contributed by atoms with van der Waals surface area (Å²) in [4.78, 5) is 1.99. The SMILES string of the molecule is Cc1ccccc1N(C)c1ccccc1O. The van der Waals surface area contributed by atoms with E-state index in [-0.39, 0.29) is 0 Å². The van der Waals surface area contributed by atoms with Gasteiger partial charge < -0.3 is 10.0 Å². The fourth-order valence-electron chi connectivity index (χ4n) is 1.82. The van der Waals surface area contributed by atoms with Gasteiger partial charge in [0.2, 0.25) is 0 Å². The third-order valence-corrected chi connectivity index (χ3v) is 2.72. The van der Waals surface area contributed by atoms with Crippen LogP contribution in [0, 0.1) is 6.92 Å². The molecule has 0 saturated heterocycles. The van der Waals surface area contributed by atoms with E-state index in [9.17, 15) is 5.11 Å². The Kier molecular flexibility index (Phi) is 2.82. The van der Waals surface area contributed by atoms with E-state index in [1.807, 2.05) is 48.3 Å². The highest BCUT2D eigenvalue weighted by Gasteiger charge is 2.09. The first-order valence-corrected chi connectivity index (χ1v) is 5.27. The molecule has 0 atom stereocenters. The Morgan fingerprint density at radius 3 is 2.06 bits per heavy atom. The number of rotatable bonds is 2. The Bertz CT molecular complexity index is 448. The zero-order valence-corrected chi connectivity index (χ0v) is 9.51. The molecule has 0 heterocycles. The molecule has 16 heavy (non-hydrogen) atoms. The van der Waals surface area contributed by atoms with E-state index in [1.54, 1.807) is 6.07 Å². The number of aryl methyl sites for hydroxylation is 1. The molecule has 2 heteroatoms. The molecule has 0 aliphatic carbocycles. The number of para-hydroxylation sites is 3. The largest absolute Gasteiger partial charge is 0.506 e. The summed E-state index contributed by atoms with van der Waals surface area (Å²) < 4.78 is 0. The highest BCUT2D eigenvalue weighted by molar-refractivity contribution is 5.70. The van der Waals surface area contributed by atoms with Crippen molar-refractivity contribution in [3.8, 4) is 5.75 Å². The van der Waals surface area contributed by atoms with Crippen LogP contribution in [-0.2, 0) is 0 Å². The lowest BCUT2D eigenvalue weighted by atomic mass is 10.1. The Labute approximate surface area is 95.8 Å². The van der Waals surface area contributed by atoms with E-state index in [0.29, 0.717) is 5.75 Å². The monoisotopic (exact) mass is 213 g/mol. The molecule has 2 aromatic carbocycles. The summed E-state index contributed by atoms with van der Waals surface area (Å²) in [6, 6.07) is 15.5. The second-order valence-corrected chi connectivity index (χ2v) is 3.83. The molecule has 0 bridgehead atoms. The van der Waals surface area contributed by atoms with Gasteiger partial charge in [-0.05, 0) is 30.7 Å². The normalized spacial score (nSPS) is 10.1. The van der Waals surface area contributed by atoms with Crippen LogP contribution in [0.5, 0.6) is 5.75 Å². The second-order valence-electron chi connectivity index (χ2n) is 3.83. The molecule has 0 fully saturated rings. The Morgan fingerprint density at radius 2 is 1.44 bits per heavy atom. The third-order valence-electron chi connectivity index (χ3n) is 2.72. The third kappa shape index (κ3) is 1.87. The van der Waals surface area contributed by atoms with E-state index < -0.39 is 0 Å². The predicted octanol–water partition coefficient (Wildman–Crippen LogP) is 3.47. The smallest absolute Gasteiger partial charge is 0.139 e. The van der Waals surface area contributed by atoms with Crippen molar-refractivity contribution in [1.82, 2.24) is 0 Å². The van der Waals surface area contributed by atoms with Gasteiger partial charge in [-0.3, -0.25) is 0 Å². The number of nitrogens with zero attached hydrogens (tertiary/aromatic N) is 1. The molecule has 1 N–H and O–H groups in total. The molecular weight excluding hydrogens is 198 g/mol. The minimum atomic E-state index is 0.299. The summed E-state index contributed by atoms with van der Waals surface area (Å²) in [5, 5.41) is 9.79.